The van der Waals surface area contributed by atoms with Crippen LogP contribution in [0.3, 0.4) is 0 Å². The number of esters is 1. The van der Waals surface area contributed by atoms with Crippen molar-refractivity contribution in [2.45, 2.75) is 88.2 Å². The number of carbonyl (C=O) groups is 6. The number of Topliss-reactive ketones (excluding diaryl/α,β-unsaturated/α-hetero) is 2. The quantitative estimate of drug-likeness (QED) is 0.112. The highest BCUT2D eigenvalue weighted by Crippen LogP contribution is 2.55. The Bertz CT molecular complexity index is 2070. The monoisotopic (exact) mass is 838 g/mol. The number of aliphatic carboxylic acids is 1. The van der Waals surface area contributed by atoms with E-state index >= 15 is 0 Å². The third-order valence-electron chi connectivity index (χ3n) is 11.8. The molecule has 0 bridgehead atoms. The van der Waals surface area contributed by atoms with Crippen LogP contribution >= 0.6 is 0 Å². The van der Waals surface area contributed by atoms with Crippen molar-refractivity contribution < 1.29 is 69.6 Å². The number of primary amides is 1. The summed E-state index contributed by atoms with van der Waals surface area (Å²) in [5.74, 6) is -10.5. The lowest BCUT2D eigenvalue weighted by Gasteiger charge is -2.53. The highest BCUT2D eigenvalue weighted by Gasteiger charge is 2.67. The van der Waals surface area contributed by atoms with Crippen molar-refractivity contribution in [2.75, 3.05) is 27.2 Å². The molecular weight excluding hydrogens is 784 g/mol. The predicted octanol–water partition coefficient (Wildman–Crippen LogP) is 0.432. The molecule has 18 heteroatoms. The Morgan fingerprint density at radius 2 is 1.70 bits per heavy atom. The molecule has 60 heavy (non-hydrogen) atoms. The van der Waals surface area contributed by atoms with Crippen LogP contribution in [-0.4, -0.2) is 144 Å². The van der Waals surface area contributed by atoms with Crippen molar-refractivity contribution >= 4 is 35.3 Å². The first-order valence-electron chi connectivity index (χ1n) is 19.5. The SMILES string of the molecule is CCOC(=O)[C@H](CCc1ccccc1)N[C@@H](C)C(=O)N1CCC[C@H]1C(=O)O.C[C@H]1c2cccc(O)c2C(=O)C2=C(O)[C@]3(O)C(=O)C(C(N)=O)=C(O)[C@@H](N(C)C)[C@@H]3[C@@H](O)[C@@H]21.O. The van der Waals surface area contributed by atoms with Crippen molar-refractivity contribution in [3.05, 3.63) is 87.9 Å². The van der Waals surface area contributed by atoms with Gasteiger partial charge in [-0.1, -0.05) is 49.4 Å². The molecule has 1 saturated heterocycles. The minimum absolute atomic E-state index is 0. The van der Waals surface area contributed by atoms with Crippen LogP contribution < -0.4 is 11.1 Å². The predicted molar refractivity (Wildman–Crippen MR) is 214 cm³/mol. The van der Waals surface area contributed by atoms with Gasteiger partial charge < -0.3 is 51.5 Å². The number of ketones is 2. The molecule has 4 aliphatic rings. The van der Waals surface area contributed by atoms with Gasteiger partial charge in [-0.3, -0.25) is 34.2 Å². The van der Waals surface area contributed by atoms with E-state index < -0.39 is 106 Å². The zero-order chi connectivity index (χ0) is 43.7. The minimum Gasteiger partial charge on any atom is -0.510 e. The Morgan fingerprint density at radius 1 is 1.05 bits per heavy atom. The van der Waals surface area contributed by atoms with E-state index in [4.69, 9.17) is 10.5 Å². The van der Waals surface area contributed by atoms with Crippen LogP contribution in [0.1, 0.15) is 67.4 Å². The van der Waals surface area contributed by atoms with E-state index in [1.54, 1.807) is 32.9 Å². The number of rotatable bonds is 11. The molecule has 0 saturated carbocycles. The highest BCUT2D eigenvalue weighted by atomic mass is 16.5. The molecule has 1 aliphatic heterocycles. The average Bonchev–Trinajstić information content (AvgIpc) is 3.69. The number of carboxylic acids is 1. The number of aromatic hydroxyl groups is 1. The molecule has 1 heterocycles. The fourth-order valence-electron chi connectivity index (χ4n) is 8.96. The standard InChI is InChI=1S/C22H24N2O8.C20H28N2O5.H2O/c1-7-8-5-4-6-9(25)11(8)16(26)12-10(7)17(27)14-15(24(2)3)18(28)13(21(23)31)20(30)22(14,32)19(12)29;1-3-27-20(26)16(12-11-15-8-5-4-6-9-15)21-14(2)18(23)22-13-7-10-17(22)19(24)25;/h4-7,10,14-15,17,25,27-29,32H,1-3H3,(H2,23,31);4-6,8-9,14,16-17,21H,3,7,10-13H2,1-2H3,(H,24,25);1H2/t7-,10+,14+,15-,17-,22-;14-,16-,17-;/m00./s1. The summed E-state index contributed by atoms with van der Waals surface area (Å²) in [6.07, 6.45) is 0.699. The van der Waals surface area contributed by atoms with Crippen LogP contribution in [0.5, 0.6) is 5.75 Å². The fraction of sp³-hybridized carbons (Fsp3) is 0.476. The Morgan fingerprint density at radius 3 is 2.28 bits per heavy atom. The van der Waals surface area contributed by atoms with Gasteiger partial charge in [-0.05, 0) is 76.7 Å². The third-order valence-corrected chi connectivity index (χ3v) is 11.8. The summed E-state index contributed by atoms with van der Waals surface area (Å²) in [4.78, 5) is 77.5. The second kappa shape index (κ2) is 18.7. The first-order chi connectivity index (χ1) is 27.8. The summed E-state index contributed by atoms with van der Waals surface area (Å²) >= 11 is 0. The number of nitrogens with zero attached hydrogens (tertiary/aromatic N) is 2. The molecule has 0 unspecified atom stereocenters. The third kappa shape index (κ3) is 8.38. The number of phenolic OH excluding ortho intramolecular Hbond substituents is 1. The minimum atomic E-state index is -2.89. The van der Waals surface area contributed by atoms with Gasteiger partial charge in [-0.2, -0.15) is 0 Å². The van der Waals surface area contributed by atoms with E-state index in [-0.39, 0.29) is 29.3 Å². The number of hydrogen-bond acceptors (Lipinski definition) is 14. The van der Waals surface area contributed by atoms with Crippen LogP contribution in [-0.2, 0) is 35.1 Å². The zero-order valence-electron chi connectivity index (χ0n) is 34.0. The number of likely N-dealkylation sites (N-methyl/N-ethyl adjacent to an activating group) is 1. The lowest BCUT2D eigenvalue weighted by molar-refractivity contribution is -0.162. The van der Waals surface area contributed by atoms with Gasteiger partial charge in [-0.25, -0.2) is 4.79 Å². The molecule has 2 aromatic rings. The summed E-state index contributed by atoms with van der Waals surface area (Å²) in [7, 11) is 2.98. The van der Waals surface area contributed by atoms with Crippen molar-refractivity contribution in [2.24, 2.45) is 17.6 Å². The van der Waals surface area contributed by atoms with Gasteiger partial charge in [-0.15, -0.1) is 0 Å². The lowest BCUT2D eigenvalue weighted by atomic mass is 9.55. The first-order valence-corrected chi connectivity index (χ1v) is 19.5. The molecule has 2 amide bonds. The molecule has 11 N–H and O–H groups in total. The number of benzene rings is 2. The number of nitrogens with two attached hydrogens (primary N) is 1. The second-order valence-corrected chi connectivity index (χ2v) is 15.5. The number of aliphatic hydroxyl groups is 4. The van der Waals surface area contributed by atoms with Crippen LogP contribution in [0, 0.1) is 11.8 Å². The van der Waals surface area contributed by atoms with Crippen LogP contribution in [0.4, 0.5) is 0 Å². The Balaban J connectivity index is 0.000000264. The Hall–Kier alpha value is -5.66. The summed E-state index contributed by atoms with van der Waals surface area (Å²) < 4.78 is 5.14. The number of aliphatic hydroxyl groups excluding tert-OH is 3. The summed E-state index contributed by atoms with van der Waals surface area (Å²) in [6.45, 7) is 5.76. The highest BCUT2D eigenvalue weighted by molar-refractivity contribution is 6.25. The molecule has 3 aliphatic carbocycles. The molecular formula is C42H54N4O14. The molecule has 0 aromatic heterocycles. The second-order valence-electron chi connectivity index (χ2n) is 15.5. The van der Waals surface area contributed by atoms with E-state index in [1.807, 2.05) is 30.3 Å². The van der Waals surface area contributed by atoms with E-state index in [1.165, 1.54) is 30.0 Å². The number of amides is 2. The largest absolute Gasteiger partial charge is 0.510 e. The molecule has 1 fully saturated rings. The number of carbonyl (C=O) groups excluding carboxylic acids is 5. The molecule has 0 spiro atoms. The van der Waals surface area contributed by atoms with E-state index in [0.29, 0.717) is 37.8 Å². The van der Waals surface area contributed by atoms with E-state index in [9.17, 15) is 59.4 Å². The van der Waals surface area contributed by atoms with Crippen LogP contribution in [0.2, 0.25) is 0 Å². The molecule has 6 rings (SSSR count). The summed E-state index contributed by atoms with van der Waals surface area (Å²) in [5.41, 5.74) is 2.46. The van der Waals surface area contributed by atoms with Crippen molar-refractivity contribution in [1.82, 2.24) is 15.1 Å². The van der Waals surface area contributed by atoms with Gasteiger partial charge in [0.1, 0.15) is 34.9 Å². The molecule has 326 valence electrons. The van der Waals surface area contributed by atoms with E-state index in [2.05, 4.69) is 5.32 Å². The number of likely N-dealkylation sites (tertiary alicyclic amines) is 1. The lowest BCUT2D eigenvalue weighted by Crippen LogP contribution is -2.68. The van der Waals surface area contributed by atoms with Crippen molar-refractivity contribution in [3.63, 3.8) is 0 Å². The van der Waals surface area contributed by atoms with Gasteiger partial charge in [0.05, 0.1) is 36.3 Å². The number of aryl methyl sites for hydroxylation is 1. The summed E-state index contributed by atoms with van der Waals surface area (Å²) in [6, 6.07) is 10.9. The maximum Gasteiger partial charge on any atom is 0.326 e. The van der Waals surface area contributed by atoms with Gasteiger partial charge in [0.2, 0.25) is 11.7 Å². The van der Waals surface area contributed by atoms with Crippen LogP contribution in [0.25, 0.3) is 0 Å². The average molecular weight is 839 g/mol. The van der Waals surface area contributed by atoms with E-state index in [0.717, 1.165) is 5.56 Å². The van der Waals surface area contributed by atoms with Gasteiger partial charge in [0.25, 0.3) is 5.91 Å². The number of fused-ring (bicyclic) bond motifs is 3. The topological polar surface area (TPSA) is 309 Å². The molecule has 2 aromatic carbocycles. The van der Waals surface area contributed by atoms with Gasteiger partial charge in [0, 0.05) is 18.0 Å². The molecule has 9 atom stereocenters. The maximum absolute atomic E-state index is 13.3. The van der Waals surface area contributed by atoms with Crippen molar-refractivity contribution in [1.29, 1.82) is 0 Å². The summed E-state index contributed by atoms with van der Waals surface area (Å²) in [5, 5.41) is 67.4. The number of carboxylic acid groups (broad SMARTS) is 1. The van der Waals surface area contributed by atoms with Gasteiger partial charge >= 0.3 is 11.9 Å². The Kier molecular flexibility index (Phi) is 14.7. The van der Waals surface area contributed by atoms with Gasteiger partial charge in [0.15, 0.2) is 11.4 Å². The molecule has 18 nitrogen and oxygen atoms in total. The zero-order valence-corrected chi connectivity index (χ0v) is 34.0. The smallest absolute Gasteiger partial charge is 0.326 e. The number of ether oxygens (including phenoxy) is 1. The number of nitrogens with one attached hydrogen (secondary N) is 1. The fourth-order valence-corrected chi connectivity index (χ4v) is 8.96. The van der Waals surface area contributed by atoms with Crippen LogP contribution in [0.15, 0.2) is 71.2 Å². The first kappa shape index (κ1) is 47.0. The number of phenols is 1. The molecule has 0 radical (unpaired) electrons. The normalized spacial score (nSPS) is 26.8. The Labute approximate surface area is 346 Å². The number of hydrogen-bond donors (Lipinski definition) is 8. The maximum atomic E-state index is 13.3. The van der Waals surface area contributed by atoms with Crippen molar-refractivity contribution in [3.8, 4) is 5.75 Å².